The number of carbonyl (C=O) groups is 1. The van der Waals surface area contributed by atoms with Crippen LogP contribution in [0.3, 0.4) is 0 Å². The first-order valence-electron chi connectivity index (χ1n) is 9.19. The molecule has 3 rings (SSSR count). The molecule has 0 spiro atoms. The van der Waals surface area contributed by atoms with Gasteiger partial charge in [0.05, 0.1) is 5.25 Å². The lowest BCUT2D eigenvalue weighted by molar-refractivity contribution is -0.132. The van der Waals surface area contributed by atoms with Gasteiger partial charge < -0.3 is 9.32 Å². The van der Waals surface area contributed by atoms with Crippen LogP contribution >= 0.6 is 11.8 Å². The van der Waals surface area contributed by atoms with Crippen molar-refractivity contribution < 1.29 is 9.21 Å². The number of aromatic nitrogens is 2. The van der Waals surface area contributed by atoms with Crippen molar-refractivity contribution in [2.24, 2.45) is 11.8 Å². The maximum Gasteiger partial charge on any atom is 0.277 e. The molecular formula is C20H27N3O2S. The second kappa shape index (κ2) is 7.82. The molecule has 0 saturated carbocycles. The Morgan fingerprint density at radius 2 is 1.77 bits per heavy atom. The zero-order chi connectivity index (χ0) is 18.8. The van der Waals surface area contributed by atoms with Crippen molar-refractivity contribution >= 4 is 17.7 Å². The molecule has 140 valence electrons. The Labute approximate surface area is 159 Å². The normalized spacial score (nSPS) is 21.7. The van der Waals surface area contributed by atoms with Gasteiger partial charge >= 0.3 is 0 Å². The highest BCUT2D eigenvalue weighted by molar-refractivity contribution is 8.00. The van der Waals surface area contributed by atoms with Crippen molar-refractivity contribution in [3.63, 3.8) is 0 Å². The number of hydrogen-bond donors (Lipinski definition) is 0. The second-order valence-electron chi connectivity index (χ2n) is 7.70. The maximum atomic E-state index is 12.8. The maximum absolute atomic E-state index is 12.8. The number of likely N-dealkylation sites (tertiary alicyclic amines) is 1. The number of carbonyl (C=O) groups excluding carboxylic acids is 1. The minimum Gasteiger partial charge on any atom is -0.411 e. The lowest BCUT2D eigenvalue weighted by Gasteiger charge is -2.36. The molecule has 6 heteroatoms. The summed E-state index contributed by atoms with van der Waals surface area (Å²) < 4.78 is 5.80. The first-order chi connectivity index (χ1) is 12.3. The summed E-state index contributed by atoms with van der Waals surface area (Å²) in [5, 5.41) is 8.49. The fraction of sp³-hybridized carbons (Fsp3) is 0.550. The Morgan fingerprint density at radius 1 is 1.15 bits per heavy atom. The van der Waals surface area contributed by atoms with Crippen LogP contribution < -0.4 is 0 Å². The van der Waals surface area contributed by atoms with E-state index >= 15 is 0 Å². The molecule has 0 radical (unpaired) electrons. The zero-order valence-corrected chi connectivity index (χ0v) is 17.0. The van der Waals surface area contributed by atoms with E-state index in [0.29, 0.717) is 22.9 Å². The fourth-order valence-corrected chi connectivity index (χ4v) is 4.54. The minimum atomic E-state index is -0.236. The van der Waals surface area contributed by atoms with Crippen LogP contribution in [0.25, 0.3) is 11.5 Å². The Bertz CT molecular complexity index is 759. The van der Waals surface area contributed by atoms with Crippen LogP contribution in [0.4, 0.5) is 0 Å². The molecule has 0 bridgehead atoms. The molecule has 1 aromatic heterocycles. The Balaban J connectivity index is 1.67. The van der Waals surface area contributed by atoms with Crippen LogP contribution in [0, 0.1) is 25.7 Å². The van der Waals surface area contributed by atoms with Gasteiger partial charge in [-0.3, -0.25) is 4.79 Å². The molecule has 26 heavy (non-hydrogen) atoms. The average Bonchev–Trinajstić information content (AvgIpc) is 3.00. The molecule has 1 aromatic carbocycles. The summed E-state index contributed by atoms with van der Waals surface area (Å²) in [6, 6.07) is 6.16. The number of nitrogens with zero attached hydrogens (tertiary/aromatic N) is 3. The van der Waals surface area contributed by atoms with E-state index in [0.717, 1.165) is 29.8 Å². The van der Waals surface area contributed by atoms with Crippen molar-refractivity contribution in [2.45, 2.75) is 51.5 Å². The number of rotatable bonds is 4. The van der Waals surface area contributed by atoms with Crippen LogP contribution in [0.2, 0.25) is 0 Å². The van der Waals surface area contributed by atoms with E-state index in [-0.39, 0.29) is 11.2 Å². The van der Waals surface area contributed by atoms with Crippen LogP contribution in [-0.2, 0) is 4.79 Å². The van der Waals surface area contributed by atoms with Gasteiger partial charge in [-0.1, -0.05) is 42.8 Å². The predicted octanol–water partition coefficient (Wildman–Crippen LogP) is 4.34. The van der Waals surface area contributed by atoms with Crippen molar-refractivity contribution in [3.05, 3.63) is 29.3 Å². The smallest absolute Gasteiger partial charge is 0.277 e. The molecule has 2 heterocycles. The molecule has 5 nitrogen and oxygen atoms in total. The average molecular weight is 374 g/mol. The Morgan fingerprint density at radius 3 is 2.38 bits per heavy atom. The van der Waals surface area contributed by atoms with Crippen molar-refractivity contribution in [1.29, 1.82) is 0 Å². The van der Waals surface area contributed by atoms with Crippen molar-refractivity contribution in [2.75, 3.05) is 13.1 Å². The minimum absolute atomic E-state index is 0.152. The monoisotopic (exact) mass is 373 g/mol. The molecule has 1 amide bonds. The van der Waals surface area contributed by atoms with Gasteiger partial charge in [0.2, 0.25) is 11.8 Å². The third-order valence-corrected chi connectivity index (χ3v) is 5.60. The molecule has 2 aromatic rings. The summed E-state index contributed by atoms with van der Waals surface area (Å²) >= 11 is 1.34. The van der Waals surface area contributed by atoms with E-state index in [2.05, 4.69) is 30.1 Å². The van der Waals surface area contributed by atoms with E-state index in [1.54, 1.807) is 0 Å². The lowest BCUT2D eigenvalue weighted by atomic mass is 9.92. The molecule has 0 N–H and O–H groups in total. The van der Waals surface area contributed by atoms with Gasteiger partial charge in [0, 0.05) is 18.7 Å². The highest BCUT2D eigenvalue weighted by atomic mass is 32.2. The predicted molar refractivity (Wildman–Crippen MR) is 104 cm³/mol. The Kier molecular flexibility index (Phi) is 5.70. The number of hydrogen-bond acceptors (Lipinski definition) is 5. The third kappa shape index (κ3) is 4.47. The largest absolute Gasteiger partial charge is 0.411 e. The summed E-state index contributed by atoms with van der Waals surface area (Å²) in [5.41, 5.74) is 3.23. The van der Waals surface area contributed by atoms with Crippen molar-refractivity contribution in [1.82, 2.24) is 15.1 Å². The lowest BCUT2D eigenvalue weighted by Crippen LogP contribution is -2.45. The highest BCUT2D eigenvalue weighted by Crippen LogP contribution is 2.29. The van der Waals surface area contributed by atoms with E-state index < -0.39 is 0 Å². The Hall–Kier alpha value is -1.82. The molecular weight excluding hydrogens is 346 g/mol. The van der Waals surface area contributed by atoms with E-state index in [1.165, 1.54) is 18.2 Å². The molecule has 1 saturated heterocycles. The van der Waals surface area contributed by atoms with Crippen LogP contribution in [0.15, 0.2) is 27.8 Å². The van der Waals surface area contributed by atoms with Gasteiger partial charge in [0.25, 0.3) is 5.22 Å². The molecule has 1 fully saturated rings. The summed E-state index contributed by atoms with van der Waals surface area (Å²) in [6.07, 6.45) is 1.19. The van der Waals surface area contributed by atoms with Crippen LogP contribution in [0.1, 0.15) is 38.3 Å². The van der Waals surface area contributed by atoms with E-state index in [1.807, 2.05) is 37.8 Å². The number of benzene rings is 1. The quantitative estimate of drug-likeness (QED) is 0.746. The molecule has 1 aliphatic heterocycles. The van der Waals surface area contributed by atoms with Crippen molar-refractivity contribution in [3.8, 4) is 11.5 Å². The summed E-state index contributed by atoms with van der Waals surface area (Å²) in [7, 11) is 0. The van der Waals surface area contributed by atoms with Gasteiger partial charge in [0.1, 0.15) is 0 Å². The summed E-state index contributed by atoms with van der Waals surface area (Å²) in [4.78, 5) is 14.8. The second-order valence-corrected chi connectivity index (χ2v) is 8.99. The number of thioether (sulfide) groups is 1. The highest BCUT2D eigenvalue weighted by Gasteiger charge is 2.29. The number of amides is 1. The van der Waals surface area contributed by atoms with Gasteiger partial charge in [-0.2, -0.15) is 0 Å². The zero-order valence-electron chi connectivity index (χ0n) is 16.2. The first kappa shape index (κ1) is 19.0. The van der Waals surface area contributed by atoms with E-state index in [4.69, 9.17) is 4.42 Å². The topological polar surface area (TPSA) is 59.2 Å². The van der Waals surface area contributed by atoms with Gasteiger partial charge in [0.15, 0.2) is 0 Å². The van der Waals surface area contributed by atoms with Gasteiger partial charge in [-0.25, -0.2) is 0 Å². The van der Waals surface area contributed by atoms with Crippen LogP contribution in [-0.4, -0.2) is 39.3 Å². The van der Waals surface area contributed by atoms with Gasteiger partial charge in [-0.05, 0) is 51.2 Å². The SMILES string of the molecule is Cc1cc(C)cc(-c2nnc(SC(C)C(=O)N3CC(C)CC(C)C3)o2)c1. The molecule has 1 aliphatic rings. The fourth-order valence-electron chi connectivity index (χ4n) is 3.77. The van der Waals surface area contributed by atoms with E-state index in [9.17, 15) is 4.79 Å². The van der Waals surface area contributed by atoms with Gasteiger partial charge in [-0.15, -0.1) is 10.2 Å². The molecule has 3 unspecified atom stereocenters. The summed E-state index contributed by atoms with van der Waals surface area (Å²) in [6.45, 7) is 12.1. The standard InChI is InChI=1S/C20H27N3O2S/c1-12-6-13(2)9-17(8-12)18-21-22-20(25-18)26-16(5)19(24)23-10-14(3)7-15(4)11-23/h6,8-9,14-16H,7,10-11H2,1-5H3. The first-order valence-corrected chi connectivity index (χ1v) is 10.1. The summed E-state index contributed by atoms with van der Waals surface area (Å²) in [5.74, 6) is 1.76. The van der Waals surface area contributed by atoms with Crippen LogP contribution in [0.5, 0.6) is 0 Å². The number of piperidine rings is 1. The molecule has 0 aliphatic carbocycles. The third-order valence-electron chi connectivity index (χ3n) is 4.68. The molecule has 3 atom stereocenters. The number of aryl methyl sites for hydroxylation is 2.